The van der Waals surface area contributed by atoms with E-state index in [2.05, 4.69) is 9.97 Å². The molecular weight excluding hydrogens is 348 g/mol. The molecule has 140 valence electrons. The zero-order chi connectivity index (χ0) is 19.4. The van der Waals surface area contributed by atoms with Gasteiger partial charge in [-0.3, -0.25) is 9.59 Å². The Labute approximate surface area is 145 Å². The fourth-order valence-corrected chi connectivity index (χ4v) is 3.03. The number of ether oxygens (including phenoxy) is 1. The van der Waals surface area contributed by atoms with Gasteiger partial charge in [0.1, 0.15) is 34.6 Å². The number of aliphatic hydroxyl groups is 3. The fraction of sp³-hybridized carbons (Fsp3) is 0.429. The molecule has 0 saturated carbocycles. The van der Waals surface area contributed by atoms with E-state index >= 15 is 0 Å². The Morgan fingerprint density at radius 3 is 2.62 bits per heavy atom. The molecule has 1 saturated heterocycles. The molecule has 26 heavy (non-hydrogen) atoms. The van der Waals surface area contributed by atoms with Crippen molar-refractivity contribution in [3.63, 3.8) is 0 Å². The van der Waals surface area contributed by atoms with Gasteiger partial charge in [0.05, 0.1) is 6.61 Å². The number of aromatic nitrogens is 3. The lowest BCUT2D eigenvalue weighted by atomic mass is 9.96. The van der Waals surface area contributed by atoms with Gasteiger partial charge < -0.3 is 41.8 Å². The number of nitrogens with zero attached hydrogens (tertiary/aromatic N) is 3. The van der Waals surface area contributed by atoms with Gasteiger partial charge in [-0.25, -0.2) is 0 Å². The van der Waals surface area contributed by atoms with Crippen molar-refractivity contribution in [1.82, 2.24) is 14.5 Å². The van der Waals surface area contributed by atoms with Crippen LogP contribution in [0.2, 0.25) is 0 Å². The zero-order valence-electron chi connectivity index (χ0n) is 13.7. The second-order valence-corrected chi connectivity index (χ2v) is 6.19. The molecule has 0 spiro atoms. The second-order valence-electron chi connectivity index (χ2n) is 6.19. The van der Waals surface area contributed by atoms with Crippen LogP contribution >= 0.6 is 0 Å². The number of carbonyl (C=O) groups excluding carboxylic acids is 1. The van der Waals surface area contributed by atoms with E-state index in [1.807, 2.05) is 0 Å². The predicted octanol–water partition coefficient (Wildman–Crippen LogP) is -2.94. The van der Waals surface area contributed by atoms with Gasteiger partial charge in [-0.2, -0.15) is 9.97 Å². The molecule has 2 aromatic heterocycles. The van der Waals surface area contributed by atoms with Crippen molar-refractivity contribution in [3.8, 4) is 0 Å². The molecule has 12 nitrogen and oxygen atoms in total. The number of nitrogen functional groups attached to an aromatic ring is 2. The summed E-state index contributed by atoms with van der Waals surface area (Å²) in [6.45, 7) is 0.688. The first kappa shape index (κ1) is 18.0. The molecule has 1 fully saturated rings. The number of nitrogens with two attached hydrogens (primary N) is 3. The first-order chi connectivity index (χ1) is 12.1. The largest absolute Gasteiger partial charge is 0.394 e. The molecule has 1 amide bonds. The normalized spacial score (nSPS) is 28.5. The summed E-state index contributed by atoms with van der Waals surface area (Å²) in [7, 11) is 0. The number of pyridine rings is 1. The smallest absolute Gasteiger partial charge is 0.254 e. The lowest BCUT2D eigenvalue weighted by molar-refractivity contribution is -0.0951. The number of fused-ring (bicyclic) bond motifs is 1. The molecule has 1 aliphatic heterocycles. The van der Waals surface area contributed by atoms with E-state index in [0.717, 1.165) is 10.8 Å². The minimum atomic E-state index is -1.90. The summed E-state index contributed by atoms with van der Waals surface area (Å²) >= 11 is 0. The van der Waals surface area contributed by atoms with E-state index in [9.17, 15) is 24.9 Å². The Morgan fingerprint density at radius 1 is 1.42 bits per heavy atom. The average molecular weight is 366 g/mol. The van der Waals surface area contributed by atoms with Gasteiger partial charge >= 0.3 is 0 Å². The second kappa shape index (κ2) is 5.88. The van der Waals surface area contributed by atoms with Crippen molar-refractivity contribution in [2.45, 2.75) is 31.0 Å². The number of amides is 1. The van der Waals surface area contributed by atoms with Crippen molar-refractivity contribution in [1.29, 1.82) is 0 Å². The number of anilines is 2. The molecule has 4 atom stereocenters. The van der Waals surface area contributed by atoms with Crippen LogP contribution in [-0.4, -0.2) is 60.2 Å². The summed E-state index contributed by atoms with van der Waals surface area (Å²) in [5.41, 5.74) is 13.3. The van der Waals surface area contributed by atoms with Crippen LogP contribution in [0.1, 0.15) is 23.5 Å². The molecule has 1 aliphatic rings. The zero-order valence-corrected chi connectivity index (χ0v) is 13.7. The van der Waals surface area contributed by atoms with Gasteiger partial charge in [0, 0.05) is 6.20 Å². The molecule has 0 unspecified atom stereocenters. The highest BCUT2D eigenvalue weighted by atomic mass is 16.6. The maximum Gasteiger partial charge on any atom is 0.254 e. The number of hydrogen-bond donors (Lipinski definition) is 6. The van der Waals surface area contributed by atoms with Crippen LogP contribution < -0.4 is 22.6 Å². The molecule has 3 heterocycles. The van der Waals surface area contributed by atoms with Crippen LogP contribution in [-0.2, 0) is 4.74 Å². The van der Waals surface area contributed by atoms with Crippen LogP contribution in [0.15, 0.2) is 11.0 Å². The van der Waals surface area contributed by atoms with Gasteiger partial charge in [-0.05, 0) is 6.92 Å². The van der Waals surface area contributed by atoms with Crippen molar-refractivity contribution in [2.75, 3.05) is 18.1 Å². The molecular formula is C14H18N6O6. The van der Waals surface area contributed by atoms with Crippen LogP contribution in [0.5, 0.6) is 0 Å². The molecule has 3 rings (SSSR count). The highest BCUT2D eigenvalue weighted by Gasteiger charge is 2.53. The van der Waals surface area contributed by atoms with E-state index in [-0.39, 0.29) is 22.8 Å². The number of aliphatic hydroxyl groups excluding tert-OH is 2. The molecule has 0 bridgehead atoms. The first-order valence-corrected chi connectivity index (χ1v) is 7.54. The van der Waals surface area contributed by atoms with Crippen LogP contribution in [0.4, 0.5) is 11.8 Å². The molecule has 9 N–H and O–H groups in total. The standard InChI is InChI=1S/C14H18N6O6/c1-14(25)8(23)5(3-21)26-12(14)20-2-4(10(16)24)7(22)6-9(15)18-13(17)19-11(6)20/h2,5,8,12,21,23,25H,3H2,1H3,(H2,16,24)(H4,15,17,18,19)/t5-,8-,12-,14-/m1/s1. The summed E-state index contributed by atoms with van der Waals surface area (Å²) in [4.78, 5) is 31.8. The average Bonchev–Trinajstić information content (AvgIpc) is 2.77. The Bertz CT molecular complexity index is 957. The highest BCUT2D eigenvalue weighted by molar-refractivity contribution is 5.98. The van der Waals surface area contributed by atoms with Gasteiger partial charge in [-0.1, -0.05) is 0 Å². The topological polar surface area (TPSA) is 213 Å². The van der Waals surface area contributed by atoms with Crippen molar-refractivity contribution in [3.05, 3.63) is 22.0 Å². The third-order valence-electron chi connectivity index (χ3n) is 4.37. The van der Waals surface area contributed by atoms with Gasteiger partial charge in [-0.15, -0.1) is 0 Å². The Kier molecular flexibility index (Phi) is 4.07. The monoisotopic (exact) mass is 366 g/mol. The van der Waals surface area contributed by atoms with Gasteiger partial charge in [0.2, 0.25) is 11.4 Å². The summed E-state index contributed by atoms with van der Waals surface area (Å²) in [5, 5.41) is 29.9. The highest BCUT2D eigenvalue weighted by Crippen LogP contribution is 2.39. The van der Waals surface area contributed by atoms with Crippen molar-refractivity contribution < 1.29 is 24.9 Å². The van der Waals surface area contributed by atoms with Gasteiger partial charge in [0.15, 0.2) is 11.9 Å². The first-order valence-electron chi connectivity index (χ1n) is 7.54. The lowest BCUT2D eigenvalue weighted by Crippen LogP contribution is -2.44. The molecule has 0 aliphatic carbocycles. The van der Waals surface area contributed by atoms with Crippen molar-refractivity contribution in [2.24, 2.45) is 5.73 Å². The number of hydrogen-bond acceptors (Lipinski definition) is 10. The maximum atomic E-state index is 12.5. The van der Waals surface area contributed by atoms with E-state index < -0.39 is 47.5 Å². The predicted molar refractivity (Wildman–Crippen MR) is 88.8 cm³/mol. The summed E-state index contributed by atoms with van der Waals surface area (Å²) in [6.07, 6.45) is -2.87. The minimum Gasteiger partial charge on any atom is -0.394 e. The quantitative estimate of drug-likeness (QED) is 0.325. The SMILES string of the molecule is C[C@@]1(O)[C@H](O)[C@@H](CO)O[C@H]1n1cc(C(N)=O)c(=O)c2c(N)nc(N)nc21. The fourth-order valence-electron chi connectivity index (χ4n) is 3.03. The van der Waals surface area contributed by atoms with E-state index in [1.54, 1.807) is 0 Å². The third-order valence-corrected chi connectivity index (χ3v) is 4.37. The number of carbonyl (C=O) groups is 1. The molecule has 12 heteroatoms. The molecule has 2 aromatic rings. The van der Waals surface area contributed by atoms with E-state index in [0.29, 0.717) is 0 Å². The summed E-state index contributed by atoms with van der Waals surface area (Å²) in [6, 6.07) is 0. The minimum absolute atomic E-state index is 0.124. The Morgan fingerprint density at radius 2 is 2.08 bits per heavy atom. The number of rotatable bonds is 3. The Hall–Kier alpha value is -2.80. The summed E-state index contributed by atoms with van der Waals surface area (Å²) < 4.78 is 6.62. The van der Waals surface area contributed by atoms with E-state index in [1.165, 1.54) is 6.92 Å². The van der Waals surface area contributed by atoms with E-state index in [4.69, 9.17) is 21.9 Å². The van der Waals surface area contributed by atoms with Crippen LogP contribution in [0, 0.1) is 0 Å². The lowest BCUT2D eigenvalue weighted by Gasteiger charge is -2.29. The molecule has 0 radical (unpaired) electrons. The third kappa shape index (κ3) is 2.47. The Balaban J connectivity index is 2.38. The van der Waals surface area contributed by atoms with Gasteiger partial charge in [0.25, 0.3) is 5.91 Å². The maximum absolute atomic E-state index is 12.5. The summed E-state index contributed by atoms with van der Waals surface area (Å²) in [5.74, 6) is -1.59. The molecule has 0 aromatic carbocycles. The van der Waals surface area contributed by atoms with Crippen LogP contribution in [0.3, 0.4) is 0 Å². The van der Waals surface area contributed by atoms with Crippen molar-refractivity contribution >= 4 is 28.7 Å². The van der Waals surface area contributed by atoms with Crippen LogP contribution in [0.25, 0.3) is 11.0 Å². The number of primary amides is 1.